The average Bonchev–Trinajstić information content (AvgIpc) is 2.33. The van der Waals surface area contributed by atoms with Crippen molar-refractivity contribution in [3.63, 3.8) is 0 Å². The zero-order valence-corrected chi connectivity index (χ0v) is 11.9. The lowest BCUT2D eigenvalue weighted by Crippen LogP contribution is -2.22. The third-order valence-electron chi connectivity index (χ3n) is 2.24. The normalized spacial score (nSPS) is 11.4. The molecule has 0 amide bonds. The van der Waals surface area contributed by atoms with Crippen molar-refractivity contribution in [2.45, 2.75) is 26.4 Å². The maximum absolute atomic E-state index is 13.6. The minimum absolute atomic E-state index is 0.213. The van der Waals surface area contributed by atoms with E-state index in [9.17, 15) is 14.0 Å². The monoisotopic (exact) mass is 280 g/mol. The Hall–Kier alpha value is -2.17. The van der Waals surface area contributed by atoms with Crippen LogP contribution >= 0.6 is 0 Å². The topological polar surface area (TPSA) is 52.6 Å². The van der Waals surface area contributed by atoms with Crippen molar-refractivity contribution in [3.8, 4) is 0 Å². The molecule has 0 unspecified atom stereocenters. The number of benzene rings is 1. The maximum Gasteiger partial charge on any atom is 0.341 e. The van der Waals surface area contributed by atoms with Gasteiger partial charge in [-0.2, -0.15) is 0 Å². The number of esters is 2. The van der Waals surface area contributed by atoms with Crippen molar-refractivity contribution in [2.24, 2.45) is 0 Å². The van der Waals surface area contributed by atoms with Crippen molar-refractivity contribution < 1.29 is 23.5 Å². The van der Waals surface area contributed by atoms with E-state index in [4.69, 9.17) is 4.74 Å². The van der Waals surface area contributed by atoms with Gasteiger partial charge in [0.25, 0.3) is 0 Å². The minimum atomic E-state index is -0.799. The van der Waals surface area contributed by atoms with Gasteiger partial charge >= 0.3 is 11.9 Å². The molecule has 0 heterocycles. The number of hydrogen-bond donors (Lipinski definition) is 0. The van der Waals surface area contributed by atoms with Gasteiger partial charge in [0.2, 0.25) is 0 Å². The molecule has 0 bridgehead atoms. The Kier molecular flexibility index (Phi) is 5.02. The molecule has 0 saturated heterocycles. The zero-order chi connectivity index (χ0) is 15.3. The van der Waals surface area contributed by atoms with Crippen LogP contribution in [0.4, 0.5) is 4.39 Å². The molecule has 0 radical (unpaired) electrons. The number of halogens is 1. The van der Waals surface area contributed by atoms with Crippen LogP contribution in [-0.2, 0) is 14.3 Å². The summed E-state index contributed by atoms with van der Waals surface area (Å²) >= 11 is 0. The molecule has 0 fully saturated rings. The average molecular weight is 280 g/mol. The Labute approximate surface area is 117 Å². The summed E-state index contributed by atoms with van der Waals surface area (Å²) in [6.07, 6.45) is 2.47. The second kappa shape index (κ2) is 6.32. The van der Waals surface area contributed by atoms with Crippen LogP contribution in [0, 0.1) is 5.82 Å². The fourth-order valence-corrected chi connectivity index (χ4v) is 1.49. The molecule has 108 valence electrons. The number of methoxy groups -OCH3 is 1. The molecule has 1 rings (SSSR count). The molecule has 20 heavy (non-hydrogen) atoms. The van der Waals surface area contributed by atoms with Crippen LogP contribution in [0.25, 0.3) is 6.08 Å². The predicted octanol–water partition coefficient (Wildman–Crippen LogP) is 2.97. The predicted molar refractivity (Wildman–Crippen MR) is 72.6 cm³/mol. The molecule has 0 aliphatic carbocycles. The standard InChI is InChI=1S/C15H17FO4/c1-15(2,3)20-12(17)9-8-10-6-5-7-11(16)13(10)14(18)19-4/h5-9H,1-4H3/b9-8+. The largest absolute Gasteiger partial charge is 0.465 e. The van der Waals surface area contributed by atoms with Crippen LogP contribution in [-0.4, -0.2) is 24.6 Å². The third kappa shape index (κ3) is 4.50. The lowest BCUT2D eigenvalue weighted by Gasteiger charge is -2.17. The van der Waals surface area contributed by atoms with Crippen LogP contribution in [0.1, 0.15) is 36.7 Å². The Morgan fingerprint density at radius 2 is 1.90 bits per heavy atom. The molecule has 4 nitrogen and oxygen atoms in total. The van der Waals surface area contributed by atoms with Gasteiger partial charge < -0.3 is 9.47 Å². The first-order valence-electron chi connectivity index (χ1n) is 6.02. The summed E-state index contributed by atoms with van der Waals surface area (Å²) < 4.78 is 23.2. The fourth-order valence-electron chi connectivity index (χ4n) is 1.49. The Bertz CT molecular complexity index is 541. The Morgan fingerprint density at radius 3 is 2.45 bits per heavy atom. The first-order chi connectivity index (χ1) is 9.24. The van der Waals surface area contributed by atoms with Crippen LogP contribution in [0.15, 0.2) is 24.3 Å². The van der Waals surface area contributed by atoms with E-state index in [-0.39, 0.29) is 11.1 Å². The van der Waals surface area contributed by atoms with Crippen LogP contribution in [0.3, 0.4) is 0 Å². The van der Waals surface area contributed by atoms with Crippen LogP contribution in [0.2, 0.25) is 0 Å². The third-order valence-corrected chi connectivity index (χ3v) is 2.24. The summed E-state index contributed by atoms with van der Waals surface area (Å²) in [4.78, 5) is 23.1. The van der Waals surface area contributed by atoms with E-state index in [2.05, 4.69) is 4.74 Å². The van der Waals surface area contributed by atoms with E-state index in [0.29, 0.717) is 0 Å². The summed E-state index contributed by atoms with van der Waals surface area (Å²) in [6, 6.07) is 4.10. The lowest BCUT2D eigenvalue weighted by atomic mass is 10.1. The minimum Gasteiger partial charge on any atom is -0.465 e. The van der Waals surface area contributed by atoms with Crippen molar-refractivity contribution in [2.75, 3.05) is 7.11 Å². The Morgan fingerprint density at radius 1 is 1.25 bits per heavy atom. The summed E-state index contributed by atoms with van der Waals surface area (Å²) in [5, 5.41) is 0. The lowest BCUT2D eigenvalue weighted by molar-refractivity contribution is -0.148. The summed E-state index contributed by atoms with van der Waals surface area (Å²) in [5.41, 5.74) is -0.577. The molecule has 0 aliphatic rings. The van der Waals surface area contributed by atoms with Gasteiger partial charge in [0.15, 0.2) is 0 Å². The molecular weight excluding hydrogens is 263 g/mol. The molecule has 0 aromatic heterocycles. The summed E-state index contributed by atoms with van der Waals surface area (Å²) in [7, 11) is 1.16. The molecule has 0 N–H and O–H groups in total. The van der Waals surface area contributed by atoms with Crippen LogP contribution < -0.4 is 0 Å². The number of carbonyl (C=O) groups excluding carboxylic acids is 2. The van der Waals surface area contributed by atoms with E-state index in [1.54, 1.807) is 20.8 Å². The second-order valence-electron chi connectivity index (χ2n) is 5.06. The number of hydrogen-bond acceptors (Lipinski definition) is 4. The van der Waals surface area contributed by atoms with Gasteiger partial charge in [-0.15, -0.1) is 0 Å². The van der Waals surface area contributed by atoms with E-state index in [1.807, 2.05) is 0 Å². The van der Waals surface area contributed by atoms with Gasteiger partial charge in [0, 0.05) is 6.08 Å². The van der Waals surface area contributed by atoms with Gasteiger partial charge in [-0.3, -0.25) is 0 Å². The highest BCUT2D eigenvalue weighted by atomic mass is 19.1. The van der Waals surface area contributed by atoms with Crippen molar-refractivity contribution >= 4 is 18.0 Å². The van der Waals surface area contributed by atoms with Crippen LogP contribution in [0.5, 0.6) is 0 Å². The molecule has 1 aromatic rings. The van der Waals surface area contributed by atoms with Crippen molar-refractivity contribution in [1.82, 2.24) is 0 Å². The van der Waals surface area contributed by atoms with Crippen molar-refractivity contribution in [3.05, 3.63) is 41.2 Å². The highest BCUT2D eigenvalue weighted by Crippen LogP contribution is 2.17. The maximum atomic E-state index is 13.6. The molecule has 0 aliphatic heterocycles. The van der Waals surface area contributed by atoms with Gasteiger partial charge in [0.05, 0.1) is 7.11 Å². The summed E-state index contributed by atoms with van der Waals surface area (Å²) in [6.45, 7) is 5.21. The summed E-state index contributed by atoms with van der Waals surface area (Å²) in [5.74, 6) is -2.08. The van der Waals surface area contributed by atoms with Crippen molar-refractivity contribution in [1.29, 1.82) is 0 Å². The first kappa shape index (κ1) is 15.9. The Balaban J connectivity index is 3.01. The highest BCUT2D eigenvalue weighted by molar-refractivity contribution is 5.96. The molecule has 0 spiro atoms. The van der Waals surface area contributed by atoms with E-state index in [1.165, 1.54) is 18.2 Å². The number of ether oxygens (including phenoxy) is 2. The quantitative estimate of drug-likeness (QED) is 0.631. The van der Waals surface area contributed by atoms with E-state index < -0.39 is 23.4 Å². The number of rotatable bonds is 3. The molecule has 5 heteroatoms. The highest BCUT2D eigenvalue weighted by Gasteiger charge is 2.17. The van der Waals surface area contributed by atoms with E-state index in [0.717, 1.165) is 19.3 Å². The van der Waals surface area contributed by atoms with Gasteiger partial charge in [0.1, 0.15) is 17.0 Å². The number of carbonyl (C=O) groups is 2. The van der Waals surface area contributed by atoms with Gasteiger partial charge in [-0.05, 0) is 38.5 Å². The van der Waals surface area contributed by atoms with Gasteiger partial charge in [-0.25, -0.2) is 14.0 Å². The smallest absolute Gasteiger partial charge is 0.341 e. The molecule has 1 aromatic carbocycles. The first-order valence-corrected chi connectivity index (χ1v) is 6.02. The SMILES string of the molecule is COC(=O)c1c(F)cccc1/C=C/C(=O)OC(C)(C)C. The second-order valence-corrected chi connectivity index (χ2v) is 5.06. The van der Waals surface area contributed by atoms with E-state index >= 15 is 0 Å². The molecule has 0 atom stereocenters. The molecule has 0 saturated carbocycles. The molecular formula is C15H17FO4. The fraction of sp³-hybridized carbons (Fsp3) is 0.333. The zero-order valence-electron chi connectivity index (χ0n) is 11.9. The van der Waals surface area contributed by atoms with Gasteiger partial charge in [-0.1, -0.05) is 12.1 Å².